The lowest BCUT2D eigenvalue weighted by Gasteiger charge is -2.22. The summed E-state index contributed by atoms with van der Waals surface area (Å²) in [5.41, 5.74) is 0. The molecule has 0 unspecified atom stereocenters. The number of nitrogens with zero attached hydrogens (tertiary/aromatic N) is 1. The molecule has 0 spiro atoms. The van der Waals surface area contributed by atoms with Gasteiger partial charge >= 0.3 is 5.97 Å². The summed E-state index contributed by atoms with van der Waals surface area (Å²) in [7, 11) is 0. The maximum Gasteiger partial charge on any atom is 0.305 e. The van der Waals surface area contributed by atoms with Crippen LogP contribution in [0, 0.1) is 0 Å². The Morgan fingerprint density at radius 1 is 0.594 bits per heavy atom. The normalized spacial score (nSPS) is 11.4. The molecule has 0 saturated heterocycles. The summed E-state index contributed by atoms with van der Waals surface area (Å²) in [6, 6.07) is 0. The fourth-order valence-electron chi connectivity index (χ4n) is 4.18. The van der Waals surface area contributed by atoms with Crippen molar-refractivity contribution in [3.8, 4) is 0 Å². The van der Waals surface area contributed by atoms with E-state index in [0.29, 0.717) is 13.0 Å². The number of hydrogen-bond donors (Lipinski definition) is 0. The monoisotopic (exact) mass is 517 g/mol. The SMILES string of the molecule is CCCCCCCCCCN(CCCCCCCCCC)CCCCOC(=O)CCCBr. The zero-order valence-corrected chi connectivity index (χ0v) is 23.4. The van der Waals surface area contributed by atoms with Gasteiger partial charge in [-0.05, 0) is 51.7 Å². The third kappa shape index (κ3) is 24.6. The van der Waals surface area contributed by atoms with E-state index < -0.39 is 0 Å². The maximum atomic E-state index is 11.6. The molecule has 3 nitrogen and oxygen atoms in total. The molecule has 0 amide bonds. The van der Waals surface area contributed by atoms with Crippen molar-refractivity contribution in [2.24, 2.45) is 0 Å². The second-order valence-electron chi connectivity index (χ2n) is 9.51. The van der Waals surface area contributed by atoms with Gasteiger partial charge in [-0.25, -0.2) is 0 Å². The van der Waals surface area contributed by atoms with E-state index in [1.807, 2.05) is 0 Å². The van der Waals surface area contributed by atoms with Crippen molar-refractivity contribution in [1.82, 2.24) is 4.90 Å². The van der Waals surface area contributed by atoms with Gasteiger partial charge in [0.2, 0.25) is 0 Å². The Kier molecular flexibility index (Phi) is 27.1. The van der Waals surface area contributed by atoms with Gasteiger partial charge < -0.3 is 9.64 Å². The summed E-state index contributed by atoms with van der Waals surface area (Å²) in [5.74, 6) is -0.0424. The first-order valence-corrected chi connectivity index (χ1v) is 15.3. The summed E-state index contributed by atoms with van der Waals surface area (Å²) >= 11 is 3.36. The second-order valence-corrected chi connectivity index (χ2v) is 10.3. The fraction of sp³-hybridized carbons (Fsp3) is 0.964. The van der Waals surface area contributed by atoms with Gasteiger partial charge in [0, 0.05) is 11.8 Å². The van der Waals surface area contributed by atoms with Crippen LogP contribution in [0.25, 0.3) is 0 Å². The molecule has 0 atom stereocenters. The number of unbranched alkanes of at least 4 members (excludes halogenated alkanes) is 15. The molecule has 0 aliphatic rings. The summed E-state index contributed by atoms with van der Waals surface area (Å²) in [5, 5.41) is 0.870. The summed E-state index contributed by atoms with van der Waals surface area (Å²) < 4.78 is 5.35. The van der Waals surface area contributed by atoms with E-state index in [1.165, 1.54) is 116 Å². The first kappa shape index (κ1) is 31.9. The number of halogens is 1. The van der Waals surface area contributed by atoms with Crippen LogP contribution in [0.5, 0.6) is 0 Å². The van der Waals surface area contributed by atoms with E-state index in [9.17, 15) is 4.79 Å². The summed E-state index contributed by atoms with van der Waals surface area (Å²) in [4.78, 5) is 14.3. The van der Waals surface area contributed by atoms with Crippen molar-refractivity contribution >= 4 is 21.9 Å². The first-order chi connectivity index (χ1) is 15.7. The quantitative estimate of drug-likeness (QED) is 0.0650. The lowest BCUT2D eigenvalue weighted by molar-refractivity contribution is -0.143. The molecule has 32 heavy (non-hydrogen) atoms. The number of ether oxygens (including phenoxy) is 1. The molecular formula is C28H56BrNO2. The van der Waals surface area contributed by atoms with E-state index in [2.05, 4.69) is 34.7 Å². The molecule has 0 fully saturated rings. The number of hydrogen-bond acceptors (Lipinski definition) is 3. The molecule has 4 heteroatoms. The topological polar surface area (TPSA) is 29.5 Å². The predicted molar refractivity (Wildman–Crippen MR) is 145 cm³/mol. The zero-order chi connectivity index (χ0) is 23.5. The van der Waals surface area contributed by atoms with Crippen molar-refractivity contribution in [2.75, 3.05) is 31.6 Å². The van der Waals surface area contributed by atoms with Gasteiger partial charge in [-0.1, -0.05) is 120 Å². The molecule has 0 aliphatic carbocycles. The van der Waals surface area contributed by atoms with E-state index in [1.54, 1.807) is 0 Å². The van der Waals surface area contributed by atoms with Gasteiger partial charge in [-0.15, -0.1) is 0 Å². The molecule has 0 rings (SSSR count). The predicted octanol–water partition coefficient (Wildman–Crippen LogP) is 9.07. The van der Waals surface area contributed by atoms with Gasteiger partial charge in [0.15, 0.2) is 0 Å². The van der Waals surface area contributed by atoms with E-state index >= 15 is 0 Å². The molecule has 0 aliphatic heterocycles. The highest BCUT2D eigenvalue weighted by atomic mass is 79.9. The highest BCUT2D eigenvalue weighted by molar-refractivity contribution is 9.09. The van der Waals surface area contributed by atoms with Crippen LogP contribution in [-0.4, -0.2) is 42.4 Å². The van der Waals surface area contributed by atoms with Crippen molar-refractivity contribution in [2.45, 2.75) is 142 Å². The minimum Gasteiger partial charge on any atom is -0.466 e. The average molecular weight is 519 g/mol. The molecule has 0 saturated carbocycles. The highest BCUT2D eigenvalue weighted by Crippen LogP contribution is 2.12. The Morgan fingerprint density at radius 2 is 1.00 bits per heavy atom. The third-order valence-corrected chi connectivity index (χ3v) is 6.86. The molecule has 0 aromatic carbocycles. The van der Waals surface area contributed by atoms with Crippen LogP contribution in [0.3, 0.4) is 0 Å². The molecule has 0 bridgehead atoms. The Bertz CT molecular complexity index is 358. The van der Waals surface area contributed by atoms with Crippen LogP contribution in [0.1, 0.15) is 142 Å². The zero-order valence-electron chi connectivity index (χ0n) is 21.8. The first-order valence-electron chi connectivity index (χ1n) is 14.2. The van der Waals surface area contributed by atoms with Crippen molar-refractivity contribution in [3.05, 3.63) is 0 Å². The molecular weight excluding hydrogens is 462 g/mol. The van der Waals surface area contributed by atoms with Crippen LogP contribution in [0.4, 0.5) is 0 Å². The average Bonchev–Trinajstić information content (AvgIpc) is 2.80. The number of rotatable bonds is 26. The second kappa shape index (κ2) is 27.2. The molecule has 192 valence electrons. The number of carbonyl (C=O) groups excluding carboxylic acids is 1. The third-order valence-electron chi connectivity index (χ3n) is 6.30. The minimum absolute atomic E-state index is 0.0424. The number of carbonyl (C=O) groups is 1. The van der Waals surface area contributed by atoms with Crippen LogP contribution in [0.15, 0.2) is 0 Å². The standard InChI is InChI=1S/C28H56BrNO2/c1-3-5-7-9-11-13-15-17-24-30(25-18-16-14-12-10-8-6-4-2)26-19-20-27-32-28(31)22-21-23-29/h3-27H2,1-2H3. The fourth-order valence-corrected chi connectivity index (χ4v) is 4.46. The summed E-state index contributed by atoms with van der Waals surface area (Å²) in [6.07, 6.45) is 25.8. The van der Waals surface area contributed by atoms with Gasteiger partial charge in [0.25, 0.3) is 0 Å². The van der Waals surface area contributed by atoms with Crippen LogP contribution in [-0.2, 0) is 9.53 Å². The molecule has 0 N–H and O–H groups in total. The van der Waals surface area contributed by atoms with Crippen molar-refractivity contribution in [3.63, 3.8) is 0 Å². The van der Waals surface area contributed by atoms with E-state index in [4.69, 9.17) is 4.74 Å². The van der Waals surface area contributed by atoms with Crippen LogP contribution in [0.2, 0.25) is 0 Å². The Hall–Kier alpha value is -0.0900. The summed E-state index contributed by atoms with van der Waals surface area (Å²) in [6.45, 7) is 8.81. The van der Waals surface area contributed by atoms with Crippen molar-refractivity contribution in [1.29, 1.82) is 0 Å². The molecule has 0 radical (unpaired) electrons. The molecule has 0 heterocycles. The minimum atomic E-state index is -0.0424. The van der Waals surface area contributed by atoms with Gasteiger partial charge in [0.1, 0.15) is 0 Å². The highest BCUT2D eigenvalue weighted by Gasteiger charge is 2.06. The van der Waals surface area contributed by atoms with E-state index in [0.717, 1.165) is 31.1 Å². The smallest absolute Gasteiger partial charge is 0.305 e. The van der Waals surface area contributed by atoms with Crippen LogP contribution < -0.4 is 0 Å². The van der Waals surface area contributed by atoms with Crippen molar-refractivity contribution < 1.29 is 9.53 Å². The lowest BCUT2D eigenvalue weighted by Crippen LogP contribution is -2.27. The van der Waals surface area contributed by atoms with Gasteiger partial charge in [-0.3, -0.25) is 4.79 Å². The Labute approximate surface area is 209 Å². The molecule has 0 aromatic heterocycles. The number of alkyl halides is 1. The van der Waals surface area contributed by atoms with Gasteiger partial charge in [0.05, 0.1) is 6.61 Å². The van der Waals surface area contributed by atoms with Gasteiger partial charge in [-0.2, -0.15) is 0 Å². The number of esters is 1. The largest absolute Gasteiger partial charge is 0.466 e. The molecule has 0 aromatic rings. The lowest BCUT2D eigenvalue weighted by atomic mass is 10.1. The Morgan fingerprint density at radius 3 is 1.44 bits per heavy atom. The Balaban J connectivity index is 3.93. The van der Waals surface area contributed by atoms with E-state index in [-0.39, 0.29) is 5.97 Å². The van der Waals surface area contributed by atoms with Crippen LogP contribution >= 0.6 is 15.9 Å². The maximum absolute atomic E-state index is 11.6.